The summed E-state index contributed by atoms with van der Waals surface area (Å²) in [6, 6.07) is 3.68. The van der Waals surface area contributed by atoms with Crippen molar-refractivity contribution in [1.82, 2.24) is 19.8 Å². The van der Waals surface area contributed by atoms with Gasteiger partial charge in [-0.25, -0.2) is 0 Å². The van der Waals surface area contributed by atoms with Crippen molar-refractivity contribution in [3.8, 4) is 0 Å². The molecule has 0 radical (unpaired) electrons. The van der Waals surface area contributed by atoms with E-state index in [4.69, 9.17) is 9.26 Å². The molecular formula is C15H20N4O3. The van der Waals surface area contributed by atoms with Gasteiger partial charge in [-0.3, -0.25) is 9.48 Å². The standard InChI is InChI=1S/C15H20N4O3/c1-12-8-13(22-17-12)9-15(20)18-5-3-7-21-14(10-18)11-19-6-2-4-16-19/h2,4,6,8,14H,3,5,7,9-11H2,1H3. The lowest BCUT2D eigenvalue weighted by Gasteiger charge is -2.23. The molecule has 0 N–H and O–H groups in total. The van der Waals surface area contributed by atoms with Crippen LogP contribution in [0.2, 0.25) is 0 Å². The summed E-state index contributed by atoms with van der Waals surface area (Å²) in [5.74, 6) is 0.656. The van der Waals surface area contributed by atoms with Crippen molar-refractivity contribution in [3.63, 3.8) is 0 Å². The van der Waals surface area contributed by atoms with Gasteiger partial charge in [0.2, 0.25) is 5.91 Å². The van der Waals surface area contributed by atoms with Gasteiger partial charge in [0.1, 0.15) is 5.76 Å². The third-order valence-electron chi connectivity index (χ3n) is 3.65. The minimum Gasteiger partial charge on any atom is -0.374 e. The smallest absolute Gasteiger partial charge is 0.230 e. The summed E-state index contributed by atoms with van der Waals surface area (Å²) >= 11 is 0. The number of hydrogen-bond donors (Lipinski definition) is 0. The maximum Gasteiger partial charge on any atom is 0.230 e. The van der Waals surface area contributed by atoms with Crippen LogP contribution in [0.3, 0.4) is 0 Å². The molecule has 3 rings (SSSR count). The molecule has 0 aromatic carbocycles. The van der Waals surface area contributed by atoms with Gasteiger partial charge >= 0.3 is 0 Å². The number of ether oxygens (including phenoxy) is 1. The van der Waals surface area contributed by atoms with Crippen LogP contribution in [-0.4, -0.2) is 51.5 Å². The molecule has 1 atom stereocenters. The van der Waals surface area contributed by atoms with E-state index in [9.17, 15) is 4.79 Å². The van der Waals surface area contributed by atoms with Crippen molar-refractivity contribution >= 4 is 5.91 Å². The first-order chi connectivity index (χ1) is 10.7. The highest BCUT2D eigenvalue weighted by molar-refractivity contribution is 5.78. The highest BCUT2D eigenvalue weighted by Crippen LogP contribution is 2.11. The Balaban J connectivity index is 1.60. The first-order valence-electron chi connectivity index (χ1n) is 7.50. The lowest BCUT2D eigenvalue weighted by Crippen LogP contribution is -2.39. The Morgan fingerprint density at radius 3 is 3.14 bits per heavy atom. The van der Waals surface area contributed by atoms with Crippen LogP contribution in [0.1, 0.15) is 17.9 Å². The van der Waals surface area contributed by atoms with Crippen LogP contribution in [0.25, 0.3) is 0 Å². The second-order valence-corrected chi connectivity index (χ2v) is 5.53. The Bertz CT molecular complexity index is 608. The van der Waals surface area contributed by atoms with Crippen LogP contribution >= 0.6 is 0 Å². The summed E-state index contributed by atoms with van der Waals surface area (Å²) in [5.41, 5.74) is 0.790. The molecule has 0 saturated carbocycles. The molecule has 1 saturated heterocycles. The second kappa shape index (κ2) is 6.74. The largest absolute Gasteiger partial charge is 0.374 e. The van der Waals surface area contributed by atoms with E-state index in [1.165, 1.54) is 0 Å². The molecule has 2 aromatic rings. The van der Waals surface area contributed by atoms with Crippen molar-refractivity contribution in [2.24, 2.45) is 0 Å². The van der Waals surface area contributed by atoms with Gasteiger partial charge in [0.15, 0.2) is 0 Å². The summed E-state index contributed by atoms with van der Waals surface area (Å²) in [5, 5.41) is 8.01. The molecule has 0 spiro atoms. The third kappa shape index (κ3) is 3.73. The van der Waals surface area contributed by atoms with Gasteiger partial charge < -0.3 is 14.2 Å². The number of carbonyl (C=O) groups is 1. The van der Waals surface area contributed by atoms with E-state index in [1.54, 1.807) is 12.3 Å². The van der Waals surface area contributed by atoms with E-state index in [0.29, 0.717) is 32.0 Å². The molecule has 1 aliphatic rings. The van der Waals surface area contributed by atoms with E-state index in [1.807, 2.05) is 28.8 Å². The number of carbonyl (C=O) groups excluding carboxylic acids is 1. The average Bonchev–Trinajstić information content (AvgIpc) is 3.07. The molecule has 3 heterocycles. The zero-order valence-electron chi connectivity index (χ0n) is 12.6. The Morgan fingerprint density at radius 2 is 2.41 bits per heavy atom. The van der Waals surface area contributed by atoms with Gasteiger partial charge in [-0.1, -0.05) is 5.16 Å². The zero-order chi connectivity index (χ0) is 15.4. The van der Waals surface area contributed by atoms with Crippen molar-refractivity contribution < 1.29 is 14.1 Å². The highest BCUT2D eigenvalue weighted by atomic mass is 16.5. The van der Waals surface area contributed by atoms with Gasteiger partial charge in [0, 0.05) is 38.2 Å². The fourth-order valence-corrected chi connectivity index (χ4v) is 2.61. The number of amides is 1. The predicted octanol–water partition coefficient (Wildman–Crippen LogP) is 1.04. The molecular weight excluding hydrogens is 284 g/mol. The molecule has 7 nitrogen and oxygen atoms in total. The predicted molar refractivity (Wildman–Crippen MR) is 78.1 cm³/mol. The second-order valence-electron chi connectivity index (χ2n) is 5.53. The number of hydrogen-bond acceptors (Lipinski definition) is 5. The minimum atomic E-state index is -0.0391. The molecule has 7 heteroatoms. The zero-order valence-corrected chi connectivity index (χ0v) is 12.6. The molecule has 1 amide bonds. The topological polar surface area (TPSA) is 73.4 Å². The van der Waals surface area contributed by atoms with Crippen molar-refractivity contribution in [1.29, 1.82) is 0 Å². The summed E-state index contributed by atoms with van der Waals surface area (Å²) in [7, 11) is 0. The van der Waals surface area contributed by atoms with E-state index >= 15 is 0 Å². The molecule has 22 heavy (non-hydrogen) atoms. The molecule has 0 aliphatic carbocycles. The number of aromatic nitrogens is 3. The van der Waals surface area contributed by atoms with Gasteiger partial charge in [0.25, 0.3) is 0 Å². The van der Waals surface area contributed by atoms with Crippen LogP contribution < -0.4 is 0 Å². The van der Waals surface area contributed by atoms with Crippen molar-refractivity contribution in [3.05, 3.63) is 36.0 Å². The van der Waals surface area contributed by atoms with E-state index < -0.39 is 0 Å². The summed E-state index contributed by atoms with van der Waals surface area (Å²) in [6.07, 6.45) is 4.69. The normalized spacial score (nSPS) is 19.1. The SMILES string of the molecule is Cc1cc(CC(=O)N2CCCOC(Cn3cccn3)C2)on1. The Labute approximate surface area is 128 Å². The Kier molecular flexibility index (Phi) is 4.53. The number of aryl methyl sites for hydroxylation is 1. The quantitative estimate of drug-likeness (QED) is 0.844. The van der Waals surface area contributed by atoms with Crippen LogP contribution in [0.5, 0.6) is 0 Å². The molecule has 118 valence electrons. The van der Waals surface area contributed by atoms with Crippen molar-refractivity contribution in [2.75, 3.05) is 19.7 Å². The van der Waals surface area contributed by atoms with Crippen molar-refractivity contribution in [2.45, 2.75) is 32.4 Å². The van der Waals surface area contributed by atoms with Gasteiger partial charge in [-0.2, -0.15) is 5.10 Å². The lowest BCUT2D eigenvalue weighted by atomic mass is 10.2. The minimum absolute atomic E-state index is 0.0391. The molecule has 1 unspecified atom stereocenters. The maximum atomic E-state index is 12.4. The van der Waals surface area contributed by atoms with Gasteiger partial charge in [-0.05, 0) is 19.4 Å². The van der Waals surface area contributed by atoms with Gasteiger partial charge in [-0.15, -0.1) is 0 Å². The fraction of sp³-hybridized carbons (Fsp3) is 0.533. The summed E-state index contributed by atoms with van der Waals surface area (Å²) < 4.78 is 12.8. The molecule has 1 aliphatic heterocycles. The van der Waals surface area contributed by atoms with Gasteiger partial charge in [0.05, 0.1) is 24.8 Å². The summed E-state index contributed by atoms with van der Waals surface area (Å²) in [4.78, 5) is 14.3. The third-order valence-corrected chi connectivity index (χ3v) is 3.65. The van der Waals surface area contributed by atoms with Crippen LogP contribution in [-0.2, 0) is 22.5 Å². The highest BCUT2D eigenvalue weighted by Gasteiger charge is 2.24. The van der Waals surface area contributed by atoms with E-state index in [2.05, 4.69) is 10.3 Å². The van der Waals surface area contributed by atoms with E-state index in [0.717, 1.165) is 12.1 Å². The Hall–Kier alpha value is -2.15. The fourth-order valence-electron chi connectivity index (χ4n) is 2.61. The maximum absolute atomic E-state index is 12.4. The van der Waals surface area contributed by atoms with Crippen LogP contribution in [0, 0.1) is 6.92 Å². The first-order valence-corrected chi connectivity index (χ1v) is 7.50. The van der Waals surface area contributed by atoms with Crippen LogP contribution in [0.4, 0.5) is 0 Å². The lowest BCUT2D eigenvalue weighted by molar-refractivity contribution is -0.131. The number of nitrogens with zero attached hydrogens (tertiary/aromatic N) is 4. The first kappa shape index (κ1) is 14.8. The summed E-state index contributed by atoms with van der Waals surface area (Å²) in [6.45, 7) is 4.44. The molecule has 1 fully saturated rings. The molecule has 0 bridgehead atoms. The monoisotopic (exact) mass is 304 g/mol. The average molecular weight is 304 g/mol. The van der Waals surface area contributed by atoms with Crippen LogP contribution in [0.15, 0.2) is 29.0 Å². The Morgan fingerprint density at radius 1 is 1.50 bits per heavy atom. The van der Waals surface area contributed by atoms with E-state index in [-0.39, 0.29) is 18.4 Å². The molecule has 2 aromatic heterocycles. The number of rotatable bonds is 4.